The Morgan fingerprint density at radius 2 is 1.73 bits per heavy atom. The molecule has 5 rings (SSSR count). The average molecular weight is 441 g/mol. The molecule has 0 amide bonds. The Kier molecular flexibility index (Phi) is 4.77. The normalized spacial score (nSPS) is 15.3. The number of allylic oxidation sites excluding steroid dienone is 1. The van der Waals surface area contributed by atoms with Gasteiger partial charge in [-0.1, -0.05) is 35.3 Å². The fraction of sp³-hybridized carbons (Fsp3) is 0.0870. The number of hydrogen-bond acceptors (Lipinski definition) is 5. The first kappa shape index (κ1) is 18.9. The second-order valence-electron chi connectivity index (χ2n) is 6.70. The molecule has 5 nitrogen and oxygen atoms in total. The van der Waals surface area contributed by atoms with Crippen LogP contribution in [-0.2, 0) is 6.61 Å². The highest BCUT2D eigenvalue weighted by Crippen LogP contribution is 2.37. The van der Waals surface area contributed by atoms with Crippen LogP contribution in [0.4, 0.5) is 0 Å². The van der Waals surface area contributed by atoms with Gasteiger partial charge in [-0.25, -0.2) is 0 Å². The van der Waals surface area contributed by atoms with Crippen LogP contribution in [0.15, 0.2) is 60.4 Å². The number of carbonyl (C=O) groups excluding carboxylic acids is 1. The van der Waals surface area contributed by atoms with Crippen molar-refractivity contribution >= 4 is 35.1 Å². The van der Waals surface area contributed by atoms with Gasteiger partial charge in [0.1, 0.15) is 18.1 Å². The smallest absolute Gasteiger partial charge is 0.231 e. The molecule has 0 bridgehead atoms. The van der Waals surface area contributed by atoms with Gasteiger partial charge in [-0.15, -0.1) is 0 Å². The summed E-state index contributed by atoms with van der Waals surface area (Å²) >= 11 is 12.4. The van der Waals surface area contributed by atoms with E-state index in [4.69, 9.17) is 42.1 Å². The molecule has 0 aliphatic carbocycles. The number of ketones is 1. The number of hydrogen-bond donors (Lipinski definition) is 0. The zero-order valence-corrected chi connectivity index (χ0v) is 17.0. The van der Waals surface area contributed by atoms with Crippen molar-refractivity contribution in [2.45, 2.75) is 6.61 Å². The lowest BCUT2D eigenvalue weighted by molar-refractivity contribution is 0.101. The van der Waals surface area contributed by atoms with E-state index in [9.17, 15) is 4.79 Å². The van der Waals surface area contributed by atoms with Gasteiger partial charge in [0, 0.05) is 21.7 Å². The van der Waals surface area contributed by atoms with Gasteiger partial charge in [0.25, 0.3) is 0 Å². The molecule has 2 aliphatic rings. The molecule has 3 aromatic carbocycles. The van der Waals surface area contributed by atoms with E-state index in [2.05, 4.69) is 0 Å². The lowest BCUT2D eigenvalue weighted by Gasteiger charge is -2.10. The summed E-state index contributed by atoms with van der Waals surface area (Å²) in [6.45, 7) is 0.392. The third-order valence-electron chi connectivity index (χ3n) is 4.78. The van der Waals surface area contributed by atoms with E-state index >= 15 is 0 Å². The van der Waals surface area contributed by atoms with Crippen molar-refractivity contribution in [1.29, 1.82) is 0 Å². The first-order chi connectivity index (χ1) is 14.6. The summed E-state index contributed by atoms with van der Waals surface area (Å²) in [5.74, 6) is 2.34. The van der Waals surface area contributed by atoms with Crippen molar-refractivity contribution in [2.24, 2.45) is 0 Å². The molecule has 3 aromatic rings. The quantitative estimate of drug-likeness (QED) is 0.471. The van der Waals surface area contributed by atoms with Crippen LogP contribution in [0.2, 0.25) is 10.0 Å². The van der Waals surface area contributed by atoms with Crippen molar-refractivity contribution in [2.75, 3.05) is 6.79 Å². The van der Waals surface area contributed by atoms with Gasteiger partial charge in [0.05, 0.1) is 5.56 Å². The molecule has 7 heteroatoms. The summed E-state index contributed by atoms with van der Waals surface area (Å²) in [6, 6.07) is 15.8. The minimum Gasteiger partial charge on any atom is -0.489 e. The van der Waals surface area contributed by atoms with Crippen LogP contribution in [-0.4, -0.2) is 12.6 Å². The molecular formula is C23H14Cl2O5. The fourth-order valence-corrected chi connectivity index (χ4v) is 3.74. The minimum absolute atomic E-state index is 0.191. The molecule has 2 aliphatic heterocycles. The van der Waals surface area contributed by atoms with Crippen LogP contribution in [0.5, 0.6) is 23.0 Å². The molecule has 0 atom stereocenters. The van der Waals surface area contributed by atoms with E-state index in [1.165, 1.54) is 0 Å². The Labute approximate surface area is 182 Å². The van der Waals surface area contributed by atoms with E-state index in [0.717, 1.165) is 5.56 Å². The topological polar surface area (TPSA) is 54.0 Å². The number of Topliss-reactive ketones (excluding diaryl/α,β-unsaturated/α-hetero) is 1. The first-order valence-corrected chi connectivity index (χ1v) is 9.88. The molecule has 0 N–H and O–H groups in total. The predicted octanol–water partition coefficient (Wildman–Crippen LogP) is 5.92. The largest absolute Gasteiger partial charge is 0.489 e. The van der Waals surface area contributed by atoms with Gasteiger partial charge in [0.2, 0.25) is 12.6 Å². The van der Waals surface area contributed by atoms with Crippen molar-refractivity contribution in [3.8, 4) is 23.0 Å². The van der Waals surface area contributed by atoms with Gasteiger partial charge < -0.3 is 18.9 Å². The number of rotatable bonds is 4. The third kappa shape index (κ3) is 3.47. The highest BCUT2D eigenvalue weighted by Gasteiger charge is 2.28. The van der Waals surface area contributed by atoms with Crippen LogP contribution in [0.25, 0.3) is 6.08 Å². The van der Waals surface area contributed by atoms with Crippen LogP contribution < -0.4 is 18.9 Å². The standard InChI is InChI=1S/C23H14Cl2O5/c24-17-2-1-3-18(25)16(17)11-27-14-5-6-15-20(10-14)30-22(23(15)26)9-13-4-7-19-21(8-13)29-12-28-19/h1-10H,11-12H2/b22-9-. The SMILES string of the molecule is O=C1/C(=C/c2ccc3c(c2)OCO3)Oc2cc(OCc3c(Cl)cccc3Cl)ccc21. The summed E-state index contributed by atoms with van der Waals surface area (Å²) in [4.78, 5) is 12.7. The van der Waals surface area contributed by atoms with Crippen LogP contribution >= 0.6 is 23.2 Å². The molecule has 2 heterocycles. The molecule has 0 aromatic heterocycles. The molecule has 0 unspecified atom stereocenters. The summed E-state index contributed by atoms with van der Waals surface area (Å²) in [7, 11) is 0. The predicted molar refractivity (Wildman–Crippen MR) is 113 cm³/mol. The van der Waals surface area contributed by atoms with Gasteiger partial charge in [-0.2, -0.15) is 0 Å². The summed E-state index contributed by atoms with van der Waals surface area (Å²) < 4.78 is 22.3. The van der Waals surface area contributed by atoms with Crippen molar-refractivity contribution < 1.29 is 23.7 Å². The van der Waals surface area contributed by atoms with E-state index < -0.39 is 0 Å². The molecule has 0 fully saturated rings. The maximum absolute atomic E-state index is 12.7. The van der Waals surface area contributed by atoms with E-state index in [-0.39, 0.29) is 24.9 Å². The first-order valence-electron chi connectivity index (χ1n) is 9.12. The maximum Gasteiger partial charge on any atom is 0.231 e. The third-order valence-corrected chi connectivity index (χ3v) is 5.49. The molecule has 150 valence electrons. The number of ether oxygens (including phenoxy) is 4. The fourth-order valence-electron chi connectivity index (χ4n) is 3.24. The number of halogens is 2. The van der Waals surface area contributed by atoms with Crippen LogP contribution in [0.3, 0.4) is 0 Å². The summed E-state index contributed by atoms with van der Waals surface area (Å²) in [5.41, 5.74) is 1.95. The average Bonchev–Trinajstić information content (AvgIpc) is 3.32. The van der Waals surface area contributed by atoms with Crippen molar-refractivity contribution in [1.82, 2.24) is 0 Å². The van der Waals surface area contributed by atoms with Gasteiger partial charge in [0.15, 0.2) is 17.3 Å². The van der Waals surface area contributed by atoms with E-state index in [1.807, 2.05) is 6.07 Å². The second-order valence-corrected chi connectivity index (χ2v) is 7.51. The Morgan fingerprint density at radius 1 is 0.933 bits per heavy atom. The lowest BCUT2D eigenvalue weighted by Crippen LogP contribution is -1.98. The monoisotopic (exact) mass is 440 g/mol. The Morgan fingerprint density at radius 3 is 2.57 bits per heavy atom. The van der Waals surface area contributed by atoms with Crippen LogP contribution in [0.1, 0.15) is 21.5 Å². The maximum atomic E-state index is 12.7. The molecule has 0 radical (unpaired) electrons. The number of benzene rings is 3. The van der Waals surface area contributed by atoms with Crippen molar-refractivity contribution in [3.05, 3.63) is 87.1 Å². The second kappa shape index (κ2) is 7.59. The zero-order valence-electron chi connectivity index (χ0n) is 15.5. The summed E-state index contributed by atoms with van der Waals surface area (Å²) in [5, 5.41) is 1.06. The Balaban J connectivity index is 1.35. The molecule has 0 spiro atoms. The molecule has 0 saturated heterocycles. The number of fused-ring (bicyclic) bond motifs is 2. The van der Waals surface area contributed by atoms with Crippen molar-refractivity contribution in [3.63, 3.8) is 0 Å². The highest BCUT2D eigenvalue weighted by molar-refractivity contribution is 6.35. The zero-order chi connectivity index (χ0) is 20.7. The van der Waals surface area contributed by atoms with Crippen LogP contribution in [0, 0.1) is 0 Å². The molecule has 30 heavy (non-hydrogen) atoms. The lowest BCUT2D eigenvalue weighted by atomic mass is 10.1. The van der Waals surface area contributed by atoms with E-state index in [1.54, 1.807) is 54.6 Å². The number of carbonyl (C=O) groups is 1. The highest BCUT2D eigenvalue weighted by atomic mass is 35.5. The Hall–Kier alpha value is -3.15. The Bertz CT molecular complexity index is 1180. The molecule has 0 saturated carbocycles. The summed E-state index contributed by atoms with van der Waals surface area (Å²) in [6.07, 6.45) is 1.67. The van der Waals surface area contributed by atoms with Gasteiger partial charge in [-0.3, -0.25) is 4.79 Å². The molecular weight excluding hydrogens is 427 g/mol. The van der Waals surface area contributed by atoms with Gasteiger partial charge in [-0.05, 0) is 48.0 Å². The minimum atomic E-state index is -0.191. The van der Waals surface area contributed by atoms with Gasteiger partial charge >= 0.3 is 0 Å². The van der Waals surface area contributed by atoms with E-state index in [0.29, 0.717) is 44.2 Å².